The zero-order valence-electron chi connectivity index (χ0n) is 15.8. The van der Waals surface area contributed by atoms with Crippen molar-refractivity contribution in [1.82, 2.24) is 4.90 Å². The lowest BCUT2D eigenvalue weighted by Gasteiger charge is -2.24. The highest BCUT2D eigenvalue weighted by atomic mass is 16.5. The molecule has 1 heterocycles. The first-order chi connectivity index (χ1) is 13.6. The summed E-state index contributed by atoms with van der Waals surface area (Å²) in [5, 5.41) is 10.9. The molecule has 5 nitrogen and oxygen atoms in total. The molecule has 1 aliphatic rings. The molecule has 0 aliphatic carbocycles. The molecule has 0 aromatic heterocycles. The predicted octanol–water partition coefficient (Wildman–Crippen LogP) is 4.08. The number of benzene rings is 2. The maximum absolute atomic E-state index is 12.7. The Morgan fingerprint density at radius 2 is 1.82 bits per heavy atom. The molecule has 5 heteroatoms. The first kappa shape index (κ1) is 19.4. The van der Waals surface area contributed by atoms with Crippen LogP contribution in [0.4, 0.5) is 0 Å². The van der Waals surface area contributed by atoms with Crippen LogP contribution in [0, 0.1) is 0 Å². The van der Waals surface area contributed by atoms with E-state index in [1.807, 2.05) is 37.3 Å². The van der Waals surface area contributed by atoms with E-state index >= 15 is 0 Å². The number of nitrogens with zero attached hydrogens (tertiary/aromatic N) is 1. The van der Waals surface area contributed by atoms with Crippen LogP contribution >= 0.6 is 0 Å². The van der Waals surface area contributed by atoms with Crippen molar-refractivity contribution in [3.05, 3.63) is 84.0 Å². The van der Waals surface area contributed by atoms with E-state index in [1.54, 1.807) is 30.3 Å². The molecule has 1 atom stereocenters. The number of ketones is 1. The summed E-state index contributed by atoms with van der Waals surface area (Å²) in [6.45, 7) is 6.51. The lowest BCUT2D eigenvalue weighted by atomic mass is 9.95. The number of rotatable bonds is 7. The number of amides is 1. The number of carbonyl (C=O) groups is 2. The molecule has 2 aromatic carbocycles. The number of carbonyl (C=O) groups excluding carboxylic acids is 2. The molecule has 144 valence electrons. The van der Waals surface area contributed by atoms with Crippen molar-refractivity contribution in [3.63, 3.8) is 0 Å². The Balaban J connectivity index is 2.06. The molecule has 1 aliphatic heterocycles. The van der Waals surface area contributed by atoms with Gasteiger partial charge in [-0.25, -0.2) is 0 Å². The van der Waals surface area contributed by atoms with Crippen molar-refractivity contribution >= 4 is 17.4 Å². The van der Waals surface area contributed by atoms with Crippen molar-refractivity contribution in [1.29, 1.82) is 0 Å². The quantitative estimate of drug-likeness (QED) is 0.342. The van der Waals surface area contributed by atoms with E-state index in [4.69, 9.17) is 4.74 Å². The smallest absolute Gasteiger partial charge is 0.295 e. The highest BCUT2D eigenvalue weighted by Crippen LogP contribution is 2.39. The number of aliphatic hydroxyl groups excluding tert-OH is 1. The van der Waals surface area contributed by atoms with E-state index in [1.165, 1.54) is 4.90 Å². The van der Waals surface area contributed by atoms with E-state index < -0.39 is 17.7 Å². The van der Waals surface area contributed by atoms with Gasteiger partial charge in [0, 0.05) is 12.1 Å². The third-order valence-corrected chi connectivity index (χ3v) is 4.58. The van der Waals surface area contributed by atoms with Gasteiger partial charge in [0.15, 0.2) is 0 Å². The maximum atomic E-state index is 12.7. The zero-order chi connectivity index (χ0) is 20.1. The van der Waals surface area contributed by atoms with Crippen LogP contribution < -0.4 is 4.74 Å². The van der Waals surface area contributed by atoms with Crippen LogP contribution in [0.1, 0.15) is 30.5 Å². The second-order valence-electron chi connectivity index (χ2n) is 6.52. The lowest BCUT2D eigenvalue weighted by Crippen LogP contribution is -2.29. The van der Waals surface area contributed by atoms with Gasteiger partial charge in [-0.15, -0.1) is 6.58 Å². The third-order valence-electron chi connectivity index (χ3n) is 4.58. The van der Waals surface area contributed by atoms with Crippen LogP contribution in [0.2, 0.25) is 0 Å². The molecule has 1 unspecified atom stereocenters. The van der Waals surface area contributed by atoms with Crippen molar-refractivity contribution in [3.8, 4) is 5.75 Å². The van der Waals surface area contributed by atoms with Crippen LogP contribution in [0.5, 0.6) is 5.75 Å². The highest BCUT2D eigenvalue weighted by molar-refractivity contribution is 6.46. The Kier molecular flexibility index (Phi) is 5.94. The summed E-state index contributed by atoms with van der Waals surface area (Å²) in [6, 6.07) is 15.4. The molecule has 1 saturated heterocycles. The number of aliphatic hydroxyl groups is 1. The molecule has 0 saturated carbocycles. The van der Waals surface area contributed by atoms with Crippen molar-refractivity contribution < 1.29 is 19.4 Å². The summed E-state index contributed by atoms with van der Waals surface area (Å²) in [7, 11) is 0. The fraction of sp³-hybridized carbons (Fsp3) is 0.217. The average molecular weight is 377 g/mol. The standard InChI is InChI=1S/C23H23NO4/c1-3-14-24-20(16-8-6-5-7-9-16)19(22(26)23(24)27)21(25)17-10-12-18(13-11-17)28-15-4-2/h3,5-13,20,25H,1,4,14-15H2,2H3. The average Bonchev–Trinajstić information content (AvgIpc) is 2.98. The second-order valence-corrected chi connectivity index (χ2v) is 6.52. The summed E-state index contributed by atoms with van der Waals surface area (Å²) >= 11 is 0. The molecule has 1 amide bonds. The molecule has 0 bridgehead atoms. The van der Waals surface area contributed by atoms with E-state index in [-0.39, 0.29) is 17.9 Å². The van der Waals surface area contributed by atoms with Gasteiger partial charge in [-0.05, 0) is 36.2 Å². The monoisotopic (exact) mass is 377 g/mol. The number of Topliss-reactive ketones (excluding diaryl/α,β-unsaturated/α-hetero) is 1. The number of ether oxygens (including phenoxy) is 1. The minimum atomic E-state index is -0.695. The summed E-state index contributed by atoms with van der Waals surface area (Å²) in [6.07, 6.45) is 2.46. The summed E-state index contributed by atoms with van der Waals surface area (Å²) in [5.74, 6) is -0.844. The summed E-state index contributed by atoms with van der Waals surface area (Å²) in [4.78, 5) is 26.7. The van der Waals surface area contributed by atoms with Gasteiger partial charge in [0.1, 0.15) is 11.5 Å². The molecule has 1 N–H and O–H groups in total. The van der Waals surface area contributed by atoms with Gasteiger partial charge in [0.2, 0.25) is 0 Å². The Labute approximate surface area is 164 Å². The normalized spacial score (nSPS) is 18.3. The summed E-state index contributed by atoms with van der Waals surface area (Å²) < 4.78 is 5.55. The van der Waals surface area contributed by atoms with Gasteiger partial charge < -0.3 is 14.7 Å². The fourth-order valence-electron chi connectivity index (χ4n) is 3.27. The molecule has 0 spiro atoms. The van der Waals surface area contributed by atoms with Gasteiger partial charge in [0.05, 0.1) is 18.2 Å². The van der Waals surface area contributed by atoms with Gasteiger partial charge >= 0.3 is 0 Å². The topological polar surface area (TPSA) is 66.8 Å². The summed E-state index contributed by atoms with van der Waals surface area (Å²) in [5.41, 5.74) is 1.30. The Hall–Kier alpha value is -3.34. The molecule has 28 heavy (non-hydrogen) atoms. The SMILES string of the molecule is C=CCN1C(=O)C(=O)C(=C(O)c2ccc(OCCC)cc2)C1c1ccccc1. The largest absolute Gasteiger partial charge is 0.507 e. The van der Waals surface area contributed by atoms with Crippen LogP contribution in [-0.4, -0.2) is 34.8 Å². The molecule has 2 aromatic rings. The molecular formula is C23H23NO4. The second kappa shape index (κ2) is 8.57. The number of likely N-dealkylation sites (tertiary alicyclic amines) is 1. The molecule has 0 radical (unpaired) electrons. The van der Waals surface area contributed by atoms with Gasteiger partial charge in [-0.2, -0.15) is 0 Å². The van der Waals surface area contributed by atoms with E-state index in [0.717, 1.165) is 12.0 Å². The predicted molar refractivity (Wildman–Crippen MR) is 108 cm³/mol. The maximum Gasteiger partial charge on any atom is 0.295 e. The van der Waals surface area contributed by atoms with Crippen molar-refractivity contribution in [2.75, 3.05) is 13.2 Å². The fourth-order valence-corrected chi connectivity index (χ4v) is 3.27. The van der Waals surface area contributed by atoms with Crippen molar-refractivity contribution in [2.45, 2.75) is 19.4 Å². The third kappa shape index (κ3) is 3.69. The van der Waals surface area contributed by atoms with Crippen LogP contribution in [0.25, 0.3) is 5.76 Å². The number of hydrogen-bond donors (Lipinski definition) is 1. The minimum Gasteiger partial charge on any atom is -0.507 e. The highest BCUT2D eigenvalue weighted by Gasteiger charge is 2.45. The Bertz CT molecular complexity index is 900. The first-order valence-electron chi connectivity index (χ1n) is 9.26. The van der Waals surface area contributed by atoms with Gasteiger partial charge in [0.25, 0.3) is 11.7 Å². The van der Waals surface area contributed by atoms with E-state index in [9.17, 15) is 14.7 Å². The van der Waals surface area contributed by atoms with Crippen LogP contribution in [0.15, 0.2) is 72.8 Å². The minimum absolute atomic E-state index is 0.0836. The lowest BCUT2D eigenvalue weighted by molar-refractivity contribution is -0.139. The van der Waals surface area contributed by atoms with Gasteiger partial charge in [-0.1, -0.05) is 43.3 Å². The molecule has 3 rings (SSSR count). The number of hydrogen-bond acceptors (Lipinski definition) is 4. The first-order valence-corrected chi connectivity index (χ1v) is 9.26. The van der Waals surface area contributed by atoms with Crippen LogP contribution in [0.3, 0.4) is 0 Å². The van der Waals surface area contributed by atoms with Crippen LogP contribution in [-0.2, 0) is 9.59 Å². The van der Waals surface area contributed by atoms with Crippen molar-refractivity contribution in [2.24, 2.45) is 0 Å². The zero-order valence-corrected chi connectivity index (χ0v) is 15.8. The van der Waals surface area contributed by atoms with E-state index in [2.05, 4.69) is 6.58 Å². The Morgan fingerprint density at radius 3 is 2.43 bits per heavy atom. The molecular weight excluding hydrogens is 354 g/mol. The molecule has 1 fully saturated rings. The van der Waals surface area contributed by atoms with Gasteiger partial charge in [-0.3, -0.25) is 9.59 Å². The van der Waals surface area contributed by atoms with E-state index in [0.29, 0.717) is 17.9 Å². The Morgan fingerprint density at radius 1 is 1.14 bits per heavy atom.